The van der Waals surface area contributed by atoms with Crippen LogP contribution in [0, 0.1) is 6.92 Å². The van der Waals surface area contributed by atoms with Gasteiger partial charge < -0.3 is 4.74 Å². The first kappa shape index (κ1) is 11.1. The minimum atomic E-state index is 0.750. The zero-order valence-electron chi connectivity index (χ0n) is 9.07. The second-order valence-corrected chi connectivity index (χ2v) is 4.16. The Kier molecular flexibility index (Phi) is 3.19. The smallest absolute Gasteiger partial charge is 0.127 e. The van der Waals surface area contributed by atoms with Crippen LogP contribution in [0.1, 0.15) is 5.82 Å². The highest BCUT2D eigenvalue weighted by Crippen LogP contribution is 2.22. The highest BCUT2D eigenvalue weighted by molar-refractivity contribution is 9.10. The third-order valence-corrected chi connectivity index (χ3v) is 2.60. The van der Waals surface area contributed by atoms with Gasteiger partial charge in [-0.3, -0.25) is 0 Å². The van der Waals surface area contributed by atoms with Crippen molar-refractivity contribution >= 4 is 15.9 Å². The molecule has 16 heavy (non-hydrogen) atoms. The van der Waals surface area contributed by atoms with Gasteiger partial charge in [-0.25, -0.2) is 9.97 Å². The van der Waals surface area contributed by atoms with E-state index in [1.807, 2.05) is 37.3 Å². The predicted molar refractivity (Wildman–Crippen MR) is 66.5 cm³/mol. The number of halogens is 1. The average Bonchev–Trinajstić information content (AvgIpc) is 2.28. The summed E-state index contributed by atoms with van der Waals surface area (Å²) >= 11 is 3.36. The molecule has 0 spiro atoms. The zero-order chi connectivity index (χ0) is 11.5. The van der Waals surface area contributed by atoms with Gasteiger partial charge >= 0.3 is 0 Å². The molecule has 0 amide bonds. The second kappa shape index (κ2) is 4.61. The molecule has 0 aliphatic rings. The topological polar surface area (TPSA) is 35.0 Å². The average molecular weight is 279 g/mol. The van der Waals surface area contributed by atoms with Crippen LogP contribution in [0.25, 0.3) is 11.3 Å². The molecular formula is C12H11BrN2O. The number of rotatable bonds is 2. The summed E-state index contributed by atoms with van der Waals surface area (Å²) in [5.41, 5.74) is 1.95. The lowest BCUT2D eigenvalue weighted by Gasteiger charge is -2.04. The molecule has 4 heteroatoms. The van der Waals surface area contributed by atoms with Gasteiger partial charge in [0.05, 0.1) is 12.8 Å². The van der Waals surface area contributed by atoms with Crippen LogP contribution in [-0.2, 0) is 0 Å². The Labute approximate surface area is 103 Å². The predicted octanol–water partition coefficient (Wildman–Crippen LogP) is 3.22. The number of hydrogen-bond acceptors (Lipinski definition) is 3. The normalized spacial score (nSPS) is 10.2. The quantitative estimate of drug-likeness (QED) is 0.792. The van der Waals surface area contributed by atoms with Crippen molar-refractivity contribution < 1.29 is 4.74 Å². The second-order valence-electron chi connectivity index (χ2n) is 3.35. The molecule has 0 atom stereocenters. The van der Waals surface area contributed by atoms with Crippen LogP contribution in [0.5, 0.6) is 5.75 Å². The Bertz CT molecular complexity index is 477. The molecule has 2 aromatic rings. The van der Waals surface area contributed by atoms with Gasteiger partial charge in [0.15, 0.2) is 0 Å². The van der Waals surface area contributed by atoms with E-state index in [-0.39, 0.29) is 0 Å². The Balaban J connectivity index is 2.42. The van der Waals surface area contributed by atoms with Crippen molar-refractivity contribution in [3.05, 3.63) is 40.8 Å². The van der Waals surface area contributed by atoms with E-state index >= 15 is 0 Å². The summed E-state index contributed by atoms with van der Waals surface area (Å²) in [4.78, 5) is 8.55. The van der Waals surface area contributed by atoms with E-state index in [1.165, 1.54) is 0 Å². The molecule has 0 aliphatic carbocycles. The van der Waals surface area contributed by atoms with Crippen LogP contribution in [0.3, 0.4) is 0 Å². The van der Waals surface area contributed by atoms with E-state index in [2.05, 4.69) is 25.9 Å². The van der Waals surface area contributed by atoms with Gasteiger partial charge in [-0.1, -0.05) is 0 Å². The molecule has 0 radical (unpaired) electrons. The SMILES string of the molecule is COc1ccc(-c2cc(Br)nc(C)n2)cc1. The monoisotopic (exact) mass is 278 g/mol. The molecule has 2 rings (SSSR count). The molecule has 3 nitrogen and oxygen atoms in total. The van der Waals surface area contributed by atoms with Crippen molar-refractivity contribution in [3.63, 3.8) is 0 Å². The van der Waals surface area contributed by atoms with Gasteiger partial charge in [-0.05, 0) is 53.2 Å². The van der Waals surface area contributed by atoms with Gasteiger partial charge in [0, 0.05) is 5.56 Å². The molecule has 0 saturated carbocycles. The van der Waals surface area contributed by atoms with Crippen LogP contribution in [0.2, 0.25) is 0 Å². The molecule has 0 fully saturated rings. The van der Waals surface area contributed by atoms with Gasteiger partial charge in [-0.2, -0.15) is 0 Å². The molecule has 82 valence electrons. The minimum Gasteiger partial charge on any atom is -0.497 e. The van der Waals surface area contributed by atoms with Crippen LogP contribution in [0.4, 0.5) is 0 Å². The van der Waals surface area contributed by atoms with E-state index in [0.717, 1.165) is 27.4 Å². The first-order valence-electron chi connectivity index (χ1n) is 4.84. The first-order chi connectivity index (χ1) is 7.69. The number of hydrogen-bond donors (Lipinski definition) is 0. The molecule has 0 N–H and O–H groups in total. The number of ether oxygens (including phenoxy) is 1. The molecule has 0 saturated heterocycles. The molecule has 1 aromatic heterocycles. The van der Waals surface area contributed by atoms with E-state index in [9.17, 15) is 0 Å². The largest absolute Gasteiger partial charge is 0.497 e. The van der Waals surface area contributed by atoms with Crippen LogP contribution in [0.15, 0.2) is 34.9 Å². The van der Waals surface area contributed by atoms with E-state index in [0.29, 0.717) is 0 Å². The number of aryl methyl sites for hydroxylation is 1. The van der Waals surface area contributed by atoms with Crippen LogP contribution >= 0.6 is 15.9 Å². The van der Waals surface area contributed by atoms with Crippen LogP contribution in [-0.4, -0.2) is 17.1 Å². The number of methoxy groups -OCH3 is 1. The number of benzene rings is 1. The summed E-state index contributed by atoms with van der Waals surface area (Å²) in [7, 11) is 1.65. The number of nitrogens with zero attached hydrogens (tertiary/aromatic N) is 2. The van der Waals surface area contributed by atoms with Crippen molar-refractivity contribution in [3.8, 4) is 17.0 Å². The Morgan fingerprint density at radius 2 is 1.81 bits per heavy atom. The Morgan fingerprint density at radius 3 is 2.38 bits per heavy atom. The third kappa shape index (κ3) is 2.39. The summed E-state index contributed by atoms with van der Waals surface area (Å²) < 4.78 is 5.91. The Hall–Kier alpha value is -1.42. The molecule has 0 aliphatic heterocycles. The summed E-state index contributed by atoms with van der Waals surface area (Å²) in [6.07, 6.45) is 0. The maximum absolute atomic E-state index is 5.11. The molecule has 0 bridgehead atoms. The lowest BCUT2D eigenvalue weighted by Crippen LogP contribution is -1.91. The van der Waals surface area contributed by atoms with Crippen molar-refractivity contribution in [2.24, 2.45) is 0 Å². The fraction of sp³-hybridized carbons (Fsp3) is 0.167. The van der Waals surface area contributed by atoms with Gasteiger partial charge in [0.2, 0.25) is 0 Å². The molecule has 0 unspecified atom stereocenters. The van der Waals surface area contributed by atoms with Gasteiger partial charge in [-0.15, -0.1) is 0 Å². The maximum Gasteiger partial charge on any atom is 0.127 e. The van der Waals surface area contributed by atoms with Gasteiger partial charge in [0.25, 0.3) is 0 Å². The standard InChI is InChI=1S/C12H11BrN2O/c1-8-14-11(7-12(13)15-8)9-3-5-10(16-2)6-4-9/h3-7H,1-2H3. The number of aromatic nitrogens is 2. The van der Waals surface area contributed by atoms with Crippen LogP contribution < -0.4 is 4.74 Å². The lowest BCUT2D eigenvalue weighted by molar-refractivity contribution is 0.415. The summed E-state index contributed by atoms with van der Waals surface area (Å²) in [6, 6.07) is 9.69. The van der Waals surface area contributed by atoms with Crippen molar-refractivity contribution in [1.29, 1.82) is 0 Å². The zero-order valence-corrected chi connectivity index (χ0v) is 10.7. The van der Waals surface area contributed by atoms with E-state index < -0.39 is 0 Å². The lowest BCUT2D eigenvalue weighted by atomic mass is 10.1. The third-order valence-electron chi connectivity index (χ3n) is 2.19. The van der Waals surface area contributed by atoms with Crippen molar-refractivity contribution in [1.82, 2.24) is 9.97 Å². The van der Waals surface area contributed by atoms with E-state index in [4.69, 9.17) is 4.74 Å². The first-order valence-corrected chi connectivity index (χ1v) is 5.64. The maximum atomic E-state index is 5.11. The summed E-state index contributed by atoms with van der Waals surface area (Å²) in [6.45, 7) is 1.87. The van der Waals surface area contributed by atoms with Crippen molar-refractivity contribution in [2.75, 3.05) is 7.11 Å². The highest BCUT2D eigenvalue weighted by Gasteiger charge is 2.02. The molecular weight excluding hydrogens is 268 g/mol. The van der Waals surface area contributed by atoms with E-state index in [1.54, 1.807) is 7.11 Å². The fourth-order valence-corrected chi connectivity index (χ4v) is 1.91. The highest BCUT2D eigenvalue weighted by atomic mass is 79.9. The minimum absolute atomic E-state index is 0.750. The van der Waals surface area contributed by atoms with Gasteiger partial charge in [0.1, 0.15) is 16.2 Å². The summed E-state index contributed by atoms with van der Waals surface area (Å²) in [5.74, 6) is 1.59. The fourth-order valence-electron chi connectivity index (χ4n) is 1.44. The molecule has 1 heterocycles. The van der Waals surface area contributed by atoms with Crippen molar-refractivity contribution in [2.45, 2.75) is 6.92 Å². The summed E-state index contributed by atoms with van der Waals surface area (Å²) in [5, 5.41) is 0. The molecule has 1 aromatic carbocycles. The Morgan fingerprint density at radius 1 is 1.12 bits per heavy atom.